The molecule has 2 aromatic carbocycles. The first-order valence-electron chi connectivity index (χ1n) is 6.97. The van der Waals surface area contributed by atoms with Crippen LogP contribution in [0, 0.1) is 13.8 Å². The summed E-state index contributed by atoms with van der Waals surface area (Å²) < 4.78 is 5.14. The summed E-state index contributed by atoms with van der Waals surface area (Å²) in [6.07, 6.45) is 0. The minimum absolute atomic E-state index is 0.134. The van der Waals surface area contributed by atoms with E-state index in [-0.39, 0.29) is 5.78 Å². The number of aryl methyl sites for hydroxylation is 2. The van der Waals surface area contributed by atoms with E-state index in [1.165, 1.54) is 0 Å². The van der Waals surface area contributed by atoms with E-state index < -0.39 is 0 Å². The molecule has 2 aromatic rings. The lowest BCUT2D eigenvalue weighted by atomic mass is 10.0. The van der Waals surface area contributed by atoms with Gasteiger partial charge in [0.15, 0.2) is 5.78 Å². The summed E-state index contributed by atoms with van der Waals surface area (Å²) in [5, 5.41) is 0. The Labute approximate surface area is 126 Å². The molecule has 0 aliphatic heterocycles. The maximum Gasteiger partial charge on any atom is 0.182 e. The van der Waals surface area contributed by atoms with E-state index in [0.29, 0.717) is 6.54 Å². The molecule has 0 fully saturated rings. The van der Waals surface area contributed by atoms with Crippen molar-refractivity contribution in [2.24, 2.45) is 0 Å². The fourth-order valence-electron chi connectivity index (χ4n) is 2.26. The first-order valence-corrected chi connectivity index (χ1v) is 6.97. The Kier molecular flexibility index (Phi) is 4.63. The summed E-state index contributed by atoms with van der Waals surface area (Å²) in [5.41, 5.74) is 3.93. The van der Waals surface area contributed by atoms with E-state index in [9.17, 15) is 4.79 Å². The van der Waals surface area contributed by atoms with E-state index in [4.69, 9.17) is 4.74 Å². The van der Waals surface area contributed by atoms with Crippen LogP contribution < -0.4 is 9.64 Å². The van der Waals surface area contributed by atoms with Crippen molar-refractivity contribution in [1.29, 1.82) is 0 Å². The quantitative estimate of drug-likeness (QED) is 0.785. The lowest BCUT2D eigenvalue weighted by molar-refractivity contribution is 0.0999. The van der Waals surface area contributed by atoms with Crippen LogP contribution in [0.5, 0.6) is 5.75 Å². The van der Waals surface area contributed by atoms with E-state index in [1.807, 2.05) is 68.3 Å². The van der Waals surface area contributed by atoms with Gasteiger partial charge in [-0.05, 0) is 49.7 Å². The Morgan fingerprint density at radius 3 is 2.38 bits per heavy atom. The Balaban J connectivity index is 2.12. The summed E-state index contributed by atoms with van der Waals surface area (Å²) in [6, 6.07) is 13.7. The van der Waals surface area contributed by atoms with Gasteiger partial charge in [-0.2, -0.15) is 0 Å². The summed E-state index contributed by atoms with van der Waals surface area (Å²) in [4.78, 5) is 14.4. The number of methoxy groups -OCH3 is 1. The topological polar surface area (TPSA) is 29.5 Å². The third-order valence-corrected chi connectivity index (χ3v) is 3.59. The Hall–Kier alpha value is -2.29. The van der Waals surface area contributed by atoms with E-state index in [0.717, 1.165) is 28.1 Å². The molecule has 3 heteroatoms. The second-order valence-electron chi connectivity index (χ2n) is 5.30. The van der Waals surface area contributed by atoms with Crippen LogP contribution in [-0.2, 0) is 0 Å². The number of carbonyl (C=O) groups is 1. The molecule has 0 spiro atoms. The van der Waals surface area contributed by atoms with Crippen LogP contribution in [0.1, 0.15) is 21.5 Å². The van der Waals surface area contributed by atoms with E-state index in [2.05, 4.69) is 0 Å². The van der Waals surface area contributed by atoms with Gasteiger partial charge in [0.25, 0.3) is 0 Å². The van der Waals surface area contributed by atoms with Crippen molar-refractivity contribution in [3.8, 4) is 5.75 Å². The van der Waals surface area contributed by atoms with Crippen LogP contribution in [0.25, 0.3) is 0 Å². The maximum absolute atomic E-state index is 12.5. The molecule has 0 aliphatic carbocycles. The van der Waals surface area contributed by atoms with Gasteiger partial charge in [0.2, 0.25) is 0 Å². The average Bonchev–Trinajstić information content (AvgIpc) is 2.49. The number of rotatable bonds is 5. The number of ether oxygens (including phenoxy) is 1. The zero-order valence-corrected chi connectivity index (χ0v) is 13.0. The Morgan fingerprint density at radius 2 is 1.76 bits per heavy atom. The monoisotopic (exact) mass is 283 g/mol. The zero-order valence-electron chi connectivity index (χ0n) is 13.0. The van der Waals surface area contributed by atoms with Crippen molar-refractivity contribution >= 4 is 11.5 Å². The third kappa shape index (κ3) is 3.63. The van der Waals surface area contributed by atoms with Gasteiger partial charge in [0.1, 0.15) is 5.75 Å². The van der Waals surface area contributed by atoms with Crippen molar-refractivity contribution < 1.29 is 9.53 Å². The minimum Gasteiger partial charge on any atom is -0.497 e. The van der Waals surface area contributed by atoms with Crippen molar-refractivity contribution in [3.63, 3.8) is 0 Å². The molecule has 110 valence electrons. The number of Topliss-reactive ketones (excluding diaryl/α,β-unsaturated/α-hetero) is 1. The number of nitrogens with zero attached hydrogens (tertiary/aromatic N) is 1. The Morgan fingerprint density at radius 1 is 1.10 bits per heavy atom. The largest absolute Gasteiger partial charge is 0.497 e. The number of ketones is 1. The van der Waals surface area contributed by atoms with Crippen LogP contribution in [-0.4, -0.2) is 26.5 Å². The summed E-state index contributed by atoms with van der Waals surface area (Å²) in [7, 11) is 3.56. The van der Waals surface area contributed by atoms with Crippen LogP contribution in [0.15, 0.2) is 42.5 Å². The van der Waals surface area contributed by atoms with Crippen LogP contribution in [0.4, 0.5) is 5.69 Å². The molecule has 0 saturated carbocycles. The molecule has 0 N–H and O–H groups in total. The molecule has 0 atom stereocenters. The van der Waals surface area contributed by atoms with Gasteiger partial charge in [-0.25, -0.2) is 0 Å². The number of carbonyl (C=O) groups excluding carboxylic acids is 1. The standard InChI is InChI=1S/C18H21NO2/c1-13-5-6-14(2)17(11-13)18(20)12-19(3)15-7-9-16(21-4)10-8-15/h5-11H,12H2,1-4H3. The smallest absolute Gasteiger partial charge is 0.182 e. The van der Waals surface area contributed by atoms with Crippen molar-refractivity contribution in [2.75, 3.05) is 25.6 Å². The highest BCUT2D eigenvalue weighted by Gasteiger charge is 2.12. The lowest BCUT2D eigenvalue weighted by Gasteiger charge is -2.19. The predicted molar refractivity (Wildman–Crippen MR) is 86.5 cm³/mol. The molecule has 0 unspecified atom stereocenters. The predicted octanol–water partition coefficient (Wildman–Crippen LogP) is 3.63. The highest BCUT2D eigenvalue weighted by molar-refractivity contribution is 6.00. The molecule has 2 rings (SSSR count). The fraction of sp³-hybridized carbons (Fsp3) is 0.278. The Bertz CT molecular complexity index is 632. The number of anilines is 1. The zero-order chi connectivity index (χ0) is 15.4. The van der Waals surface area contributed by atoms with E-state index >= 15 is 0 Å². The number of likely N-dealkylation sites (N-methyl/N-ethyl adjacent to an activating group) is 1. The van der Waals surface area contributed by atoms with Crippen molar-refractivity contribution in [3.05, 3.63) is 59.2 Å². The van der Waals surface area contributed by atoms with Gasteiger partial charge in [0, 0.05) is 18.3 Å². The van der Waals surface area contributed by atoms with Gasteiger partial charge in [-0.15, -0.1) is 0 Å². The van der Waals surface area contributed by atoms with Gasteiger partial charge in [0.05, 0.1) is 13.7 Å². The molecular weight excluding hydrogens is 262 g/mol. The molecule has 0 amide bonds. The normalized spacial score (nSPS) is 10.3. The molecule has 21 heavy (non-hydrogen) atoms. The third-order valence-electron chi connectivity index (χ3n) is 3.59. The molecule has 0 bridgehead atoms. The second-order valence-corrected chi connectivity index (χ2v) is 5.30. The van der Waals surface area contributed by atoms with Crippen molar-refractivity contribution in [1.82, 2.24) is 0 Å². The second kappa shape index (κ2) is 6.44. The lowest BCUT2D eigenvalue weighted by Crippen LogP contribution is -2.26. The van der Waals surface area contributed by atoms with Crippen molar-refractivity contribution in [2.45, 2.75) is 13.8 Å². The molecule has 0 saturated heterocycles. The fourth-order valence-corrected chi connectivity index (χ4v) is 2.26. The van der Waals surface area contributed by atoms with Gasteiger partial charge >= 0.3 is 0 Å². The van der Waals surface area contributed by atoms with Crippen LogP contribution in [0.3, 0.4) is 0 Å². The van der Waals surface area contributed by atoms with Crippen LogP contribution in [0.2, 0.25) is 0 Å². The summed E-state index contributed by atoms with van der Waals surface area (Å²) in [5.74, 6) is 0.947. The van der Waals surface area contributed by atoms with Gasteiger partial charge in [-0.3, -0.25) is 4.79 Å². The summed E-state index contributed by atoms with van der Waals surface area (Å²) in [6.45, 7) is 4.33. The molecular formula is C18H21NO2. The van der Waals surface area contributed by atoms with E-state index in [1.54, 1.807) is 7.11 Å². The number of hydrogen-bond donors (Lipinski definition) is 0. The molecule has 0 heterocycles. The number of hydrogen-bond acceptors (Lipinski definition) is 3. The average molecular weight is 283 g/mol. The van der Waals surface area contributed by atoms with Gasteiger partial charge < -0.3 is 9.64 Å². The molecule has 0 radical (unpaired) electrons. The first kappa shape index (κ1) is 15.1. The number of benzene rings is 2. The van der Waals surface area contributed by atoms with Crippen LogP contribution >= 0.6 is 0 Å². The highest BCUT2D eigenvalue weighted by Crippen LogP contribution is 2.19. The molecule has 0 aromatic heterocycles. The molecule has 3 nitrogen and oxygen atoms in total. The SMILES string of the molecule is COc1ccc(N(C)CC(=O)c2cc(C)ccc2C)cc1. The molecule has 0 aliphatic rings. The minimum atomic E-state index is 0.134. The van der Waals surface area contributed by atoms with Gasteiger partial charge in [-0.1, -0.05) is 17.7 Å². The highest BCUT2D eigenvalue weighted by atomic mass is 16.5. The summed E-state index contributed by atoms with van der Waals surface area (Å²) >= 11 is 0. The first-order chi connectivity index (χ1) is 10.0. The maximum atomic E-state index is 12.5.